The summed E-state index contributed by atoms with van der Waals surface area (Å²) in [7, 11) is 5.62. The monoisotopic (exact) mass is 312 g/mol. The van der Waals surface area contributed by atoms with E-state index in [0.29, 0.717) is 23.7 Å². The molecular formula is C13H17BrN2O2. The van der Waals surface area contributed by atoms with Crippen LogP contribution in [0.1, 0.15) is 12.0 Å². The fraction of sp³-hybridized carbons (Fsp3) is 0.462. The highest BCUT2D eigenvalue weighted by Gasteiger charge is 2.11. The topological polar surface area (TPSA) is 45.5 Å². The van der Waals surface area contributed by atoms with Gasteiger partial charge in [-0.25, -0.2) is 0 Å². The molecule has 98 valence electrons. The Morgan fingerprint density at radius 2 is 2.11 bits per heavy atom. The van der Waals surface area contributed by atoms with Crippen LogP contribution in [0.4, 0.5) is 0 Å². The van der Waals surface area contributed by atoms with Gasteiger partial charge in [0, 0.05) is 12.6 Å². The van der Waals surface area contributed by atoms with E-state index in [9.17, 15) is 0 Å². The Balaban J connectivity index is 2.73. The molecule has 0 aromatic heterocycles. The summed E-state index contributed by atoms with van der Waals surface area (Å²) in [5.74, 6) is 1.22. The Hall–Kier alpha value is -1.25. The van der Waals surface area contributed by atoms with Crippen molar-refractivity contribution in [2.24, 2.45) is 0 Å². The molecule has 18 heavy (non-hydrogen) atoms. The van der Waals surface area contributed by atoms with E-state index in [4.69, 9.17) is 14.7 Å². The first kappa shape index (κ1) is 14.8. The Morgan fingerprint density at radius 3 is 2.67 bits per heavy atom. The lowest BCUT2D eigenvalue weighted by Crippen LogP contribution is -2.15. The molecule has 0 spiro atoms. The van der Waals surface area contributed by atoms with Gasteiger partial charge in [0.25, 0.3) is 0 Å². The van der Waals surface area contributed by atoms with E-state index in [1.807, 2.05) is 14.1 Å². The largest absolute Gasteiger partial charge is 0.493 e. The number of methoxy groups -OCH3 is 1. The fourth-order valence-corrected chi connectivity index (χ4v) is 2.04. The number of benzene rings is 1. The average molecular weight is 313 g/mol. The van der Waals surface area contributed by atoms with Gasteiger partial charge < -0.3 is 14.4 Å². The van der Waals surface area contributed by atoms with E-state index in [-0.39, 0.29) is 0 Å². The van der Waals surface area contributed by atoms with E-state index < -0.39 is 0 Å². The molecule has 1 rings (SSSR count). The number of hydrogen-bond donors (Lipinski definition) is 0. The van der Waals surface area contributed by atoms with Gasteiger partial charge in [-0.1, -0.05) is 0 Å². The van der Waals surface area contributed by atoms with Crippen LogP contribution >= 0.6 is 15.9 Å². The van der Waals surface area contributed by atoms with Gasteiger partial charge in [0.05, 0.1) is 29.8 Å². The predicted octanol–water partition coefficient (Wildman–Crippen LogP) is 2.66. The number of rotatable bonds is 6. The zero-order valence-corrected chi connectivity index (χ0v) is 12.5. The van der Waals surface area contributed by atoms with Crippen molar-refractivity contribution in [3.8, 4) is 17.6 Å². The summed E-state index contributed by atoms with van der Waals surface area (Å²) < 4.78 is 11.7. The van der Waals surface area contributed by atoms with Crippen LogP contribution in [-0.2, 0) is 0 Å². The first-order chi connectivity index (χ1) is 8.58. The summed E-state index contributed by atoms with van der Waals surface area (Å²) in [6, 6.07) is 5.48. The Morgan fingerprint density at radius 1 is 1.39 bits per heavy atom. The number of nitrogens with zero attached hydrogens (tertiary/aromatic N) is 2. The van der Waals surface area contributed by atoms with Crippen molar-refractivity contribution in [1.82, 2.24) is 4.90 Å². The number of hydrogen-bond acceptors (Lipinski definition) is 4. The minimum atomic E-state index is 0.541. The molecule has 0 aliphatic rings. The molecule has 1 aromatic carbocycles. The normalized spacial score (nSPS) is 10.2. The average Bonchev–Trinajstić information content (AvgIpc) is 2.34. The van der Waals surface area contributed by atoms with Crippen LogP contribution in [-0.4, -0.2) is 39.3 Å². The van der Waals surface area contributed by atoms with Crippen LogP contribution in [0.25, 0.3) is 0 Å². The fourth-order valence-electron chi connectivity index (χ4n) is 1.48. The molecule has 0 unspecified atom stereocenters. The molecule has 0 amide bonds. The van der Waals surface area contributed by atoms with Gasteiger partial charge in [0.15, 0.2) is 11.5 Å². The third-order valence-electron chi connectivity index (χ3n) is 2.35. The van der Waals surface area contributed by atoms with Gasteiger partial charge in [0.2, 0.25) is 0 Å². The van der Waals surface area contributed by atoms with Crippen molar-refractivity contribution in [1.29, 1.82) is 5.26 Å². The first-order valence-electron chi connectivity index (χ1n) is 5.63. The summed E-state index contributed by atoms with van der Waals surface area (Å²) in [6.07, 6.45) is 0.933. The Bertz CT molecular complexity index is 441. The Kier molecular flexibility index (Phi) is 5.96. The molecule has 0 saturated carbocycles. The zero-order chi connectivity index (χ0) is 13.5. The van der Waals surface area contributed by atoms with Gasteiger partial charge in [0.1, 0.15) is 0 Å². The molecule has 0 fully saturated rings. The van der Waals surface area contributed by atoms with Crippen molar-refractivity contribution in [3.05, 3.63) is 22.2 Å². The maximum atomic E-state index is 8.88. The molecule has 0 aliphatic carbocycles. The zero-order valence-electron chi connectivity index (χ0n) is 10.9. The molecule has 1 aromatic rings. The minimum absolute atomic E-state index is 0.541. The van der Waals surface area contributed by atoms with Crippen molar-refractivity contribution in [3.63, 3.8) is 0 Å². The molecule has 0 radical (unpaired) electrons. The van der Waals surface area contributed by atoms with E-state index >= 15 is 0 Å². The quantitative estimate of drug-likeness (QED) is 0.758. The van der Waals surface area contributed by atoms with E-state index in [1.54, 1.807) is 19.2 Å². The van der Waals surface area contributed by atoms with Crippen LogP contribution < -0.4 is 9.47 Å². The highest BCUT2D eigenvalue weighted by Crippen LogP contribution is 2.36. The lowest BCUT2D eigenvalue weighted by Gasteiger charge is -2.14. The van der Waals surface area contributed by atoms with Gasteiger partial charge in [-0.05, 0) is 42.5 Å². The van der Waals surface area contributed by atoms with E-state index in [2.05, 4.69) is 26.9 Å². The maximum Gasteiger partial charge on any atom is 0.175 e. The smallest absolute Gasteiger partial charge is 0.175 e. The maximum absolute atomic E-state index is 8.88. The van der Waals surface area contributed by atoms with Crippen LogP contribution in [0.15, 0.2) is 16.6 Å². The molecule has 0 atom stereocenters. The Labute approximate surface area is 116 Å². The van der Waals surface area contributed by atoms with Gasteiger partial charge in [-0.15, -0.1) is 0 Å². The van der Waals surface area contributed by atoms with E-state index in [0.717, 1.165) is 17.4 Å². The summed E-state index contributed by atoms with van der Waals surface area (Å²) in [6.45, 7) is 1.58. The highest BCUT2D eigenvalue weighted by molar-refractivity contribution is 9.10. The number of halogens is 1. The van der Waals surface area contributed by atoms with Crippen LogP contribution in [0.3, 0.4) is 0 Å². The van der Waals surface area contributed by atoms with E-state index in [1.165, 1.54) is 0 Å². The summed E-state index contributed by atoms with van der Waals surface area (Å²) in [5, 5.41) is 8.88. The van der Waals surface area contributed by atoms with Crippen molar-refractivity contribution < 1.29 is 9.47 Å². The summed E-state index contributed by atoms with van der Waals surface area (Å²) >= 11 is 3.39. The van der Waals surface area contributed by atoms with Crippen LogP contribution in [0.5, 0.6) is 11.5 Å². The van der Waals surface area contributed by atoms with Gasteiger partial charge >= 0.3 is 0 Å². The molecular weight excluding hydrogens is 296 g/mol. The third-order valence-corrected chi connectivity index (χ3v) is 2.94. The standard InChI is InChI=1S/C13H17BrN2O2/c1-16(2)5-4-6-18-13-11(14)7-10(9-15)8-12(13)17-3/h7-8H,4-6H2,1-3H3. The molecule has 0 bridgehead atoms. The number of nitriles is 1. The predicted molar refractivity (Wildman–Crippen MR) is 74.1 cm³/mol. The summed E-state index contributed by atoms with van der Waals surface area (Å²) in [5.41, 5.74) is 0.541. The van der Waals surface area contributed by atoms with Crippen molar-refractivity contribution in [2.45, 2.75) is 6.42 Å². The minimum Gasteiger partial charge on any atom is -0.493 e. The molecule has 5 heteroatoms. The first-order valence-corrected chi connectivity index (χ1v) is 6.43. The second-order valence-electron chi connectivity index (χ2n) is 4.11. The number of ether oxygens (including phenoxy) is 2. The summed E-state index contributed by atoms with van der Waals surface area (Å²) in [4.78, 5) is 2.11. The molecule has 0 heterocycles. The molecule has 0 aliphatic heterocycles. The van der Waals surface area contributed by atoms with Crippen molar-refractivity contribution >= 4 is 15.9 Å². The lowest BCUT2D eigenvalue weighted by atomic mass is 10.2. The third kappa shape index (κ3) is 4.21. The second-order valence-corrected chi connectivity index (χ2v) is 4.96. The van der Waals surface area contributed by atoms with Gasteiger partial charge in [-0.3, -0.25) is 0 Å². The lowest BCUT2D eigenvalue weighted by molar-refractivity contribution is 0.266. The SMILES string of the molecule is COc1cc(C#N)cc(Br)c1OCCCN(C)C. The van der Waals surface area contributed by atoms with Crippen LogP contribution in [0.2, 0.25) is 0 Å². The second kappa shape index (κ2) is 7.24. The molecule has 0 saturated heterocycles. The molecule has 0 N–H and O–H groups in total. The van der Waals surface area contributed by atoms with Gasteiger partial charge in [-0.2, -0.15) is 5.26 Å². The van der Waals surface area contributed by atoms with Crippen molar-refractivity contribution in [2.75, 3.05) is 34.4 Å². The highest BCUT2D eigenvalue weighted by atomic mass is 79.9. The molecule has 4 nitrogen and oxygen atoms in total. The van der Waals surface area contributed by atoms with Crippen LogP contribution in [0, 0.1) is 11.3 Å².